The van der Waals surface area contributed by atoms with Crippen molar-refractivity contribution in [2.45, 2.75) is 31.8 Å². The van der Waals surface area contributed by atoms with Gasteiger partial charge in [-0.25, -0.2) is 0 Å². The molecule has 1 atom stereocenters. The van der Waals surface area contributed by atoms with Crippen molar-refractivity contribution in [3.8, 4) is 6.07 Å². The average Bonchev–Trinajstić information content (AvgIpc) is 2.75. The monoisotopic (exact) mass is 236 g/mol. The first-order valence-electron chi connectivity index (χ1n) is 5.53. The van der Waals surface area contributed by atoms with Crippen LogP contribution in [0.3, 0.4) is 0 Å². The molecule has 0 spiro atoms. The Kier molecular flexibility index (Phi) is 3.59. The third-order valence-corrected chi connectivity index (χ3v) is 3.89. The lowest BCUT2D eigenvalue weighted by Crippen LogP contribution is -2.48. The minimum absolute atomic E-state index is 0.0923. The first-order valence-corrected chi connectivity index (χ1v) is 6.35. The van der Waals surface area contributed by atoms with E-state index in [-0.39, 0.29) is 5.54 Å². The van der Waals surface area contributed by atoms with Gasteiger partial charge in [-0.1, -0.05) is 0 Å². The molecular weight excluding hydrogens is 220 g/mol. The van der Waals surface area contributed by atoms with Crippen molar-refractivity contribution in [1.29, 1.82) is 5.26 Å². The molecule has 86 valence electrons. The van der Waals surface area contributed by atoms with Crippen molar-refractivity contribution >= 4 is 11.3 Å². The molecule has 1 aromatic rings. The molecule has 0 aliphatic carbocycles. The Morgan fingerprint density at radius 1 is 1.62 bits per heavy atom. The maximum Gasteiger partial charge on any atom is 0.110 e. The lowest BCUT2D eigenvalue weighted by molar-refractivity contribution is 0.0279. The predicted molar refractivity (Wildman–Crippen MR) is 64.3 cm³/mol. The number of hydrogen-bond donors (Lipinski definition) is 1. The third kappa shape index (κ3) is 2.82. The minimum atomic E-state index is 0.0923. The van der Waals surface area contributed by atoms with Crippen LogP contribution < -0.4 is 5.32 Å². The van der Waals surface area contributed by atoms with E-state index in [9.17, 15) is 0 Å². The molecule has 4 heteroatoms. The molecule has 0 bridgehead atoms. The molecule has 1 N–H and O–H groups in total. The topological polar surface area (TPSA) is 45.0 Å². The molecule has 0 saturated carbocycles. The number of rotatable bonds is 3. The van der Waals surface area contributed by atoms with Gasteiger partial charge >= 0.3 is 0 Å². The highest BCUT2D eigenvalue weighted by Gasteiger charge is 2.26. The summed E-state index contributed by atoms with van der Waals surface area (Å²) in [7, 11) is 0. The smallest absolute Gasteiger partial charge is 0.110 e. The van der Waals surface area contributed by atoms with Crippen LogP contribution in [0.15, 0.2) is 12.1 Å². The Bertz CT molecular complexity index is 388. The van der Waals surface area contributed by atoms with Gasteiger partial charge < -0.3 is 10.1 Å². The molecule has 0 aromatic carbocycles. The number of nitriles is 1. The molecule has 2 heterocycles. The molecule has 1 aliphatic heterocycles. The van der Waals surface area contributed by atoms with E-state index in [0.29, 0.717) is 0 Å². The van der Waals surface area contributed by atoms with E-state index in [4.69, 9.17) is 10.00 Å². The van der Waals surface area contributed by atoms with Crippen LogP contribution in [0.2, 0.25) is 0 Å². The molecule has 1 aliphatic rings. The zero-order valence-corrected chi connectivity index (χ0v) is 10.3. The van der Waals surface area contributed by atoms with E-state index in [1.54, 1.807) is 11.3 Å². The largest absolute Gasteiger partial charge is 0.380 e. The second kappa shape index (κ2) is 4.96. The van der Waals surface area contributed by atoms with E-state index >= 15 is 0 Å². The van der Waals surface area contributed by atoms with Crippen molar-refractivity contribution < 1.29 is 4.74 Å². The first-order chi connectivity index (χ1) is 7.72. The summed E-state index contributed by atoms with van der Waals surface area (Å²) in [5.74, 6) is 0. The molecular formula is C12H16N2OS. The van der Waals surface area contributed by atoms with Gasteiger partial charge in [-0.15, -0.1) is 11.3 Å². The van der Waals surface area contributed by atoms with Crippen molar-refractivity contribution in [1.82, 2.24) is 5.32 Å². The van der Waals surface area contributed by atoms with Crippen LogP contribution in [0.5, 0.6) is 0 Å². The van der Waals surface area contributed by atoms with E-state index in [0.717, 1.165) is 37.5 Å². The Hall–Kier alpha value is -0.890. The van der Waals surface area contributed by atoms with Crippen LogP contribution in [-0.4, -0.2) is 18.8 Å². The van der Waals surface area contributed by atoms with Gasteiger partial charge in [0.05, 0.1) is 6.61 Å². The van der Waals surface area contributed by atoms with Crippen LogP contribution in [0, 0.1) is 11.3 Å². The quantitative estimate of drug-likeness (QED) is 0.875. The molecule has 1 fully saturated rings. The second-order valence-electron chi connectivity index (χ2n) is 4.45. The number of thiophene rings is 1. The fraction of sp³-hybridized carbons (Fsp3) is 0.583. The summed E-state index contributed by atoms with van der Waals surface area (Å²) in [6, 6.07) is 6.05. The minimum Gasteiger partial charge on any atom is -0.380 e. The van der Waals surface area contributed by atoms with Gasteiger partial charge in [0.1, 0.15) is 10.9 Å². The van der Waals surface area contributed by atoms with Crippen molar-refractivity contribution in [3.63, 3.8) is 0 Å². The van der Waals surface area contributed by atoms with Crippen LogP contribution in [0.25, 0.3) is 0 Å². The third-order valence-electron chi connectivity index (χ3n) is 2.90. The SMILES string of the molecule is CC1(NCc2ccc(C#N)s2)CCCOC1. The Morgan fingerprint density at radius 2 is 2.50 bits per heavy atom. The molecule has 16 heavy (non-hydrogen) atoms. The zero-order chi connectivity index (χ0) is 11.4. The van der Waals surface area contributed by atoms with Gasteiger partial charge in [0, 0.05) is 23.6 Å². The van der Waals surface area contributed by atoms with Crippen molar-refractivity contribution in [2.24, 2.45) is 0 Å². The lowest BCUT2D eigenvalue weighted by atomic mass is 9.95. The molecule has 3 nitrogen and oxygen atoms in total. The summed E-state index contributed by atoms with van der Waals surface area (Å²) in [4.78, 5) is 1.99. The molecule has 0 radical (unpaired) electrons. The highest BCUT2D eigenvalue weighted by molar-refractivity contribution is 7.12. The van der Waals surface area contributed by atoms with E-state index < -0.39 is 0 Å². The first kappa shape index (κ1) is 11.6. The van der Waals surface area contributed by atoms with E-state index in [1.165, 1.54) is 4.88 Å². The summed E-state index contributed by atoms with van der Waals surface area (Å²) in [6.07, 6.45) is 2.28. The van der Waals surface area contributed by atoms with Gasteiger partial charge in [0.25, 0.3) is 0 Å². The van der Waals surface area contributed by atoms with Gasteiger partial charge in [-0.3, -0.25) is 0 Å². The van der Waals surface area contributed by atoms with Crippen LogP contribution in [0.4, 0.5) is 0 Å². The number of ether oxygens (including phenoxy) is 1. The van der Waals surface area contributed by atoms with Crippen LogP contribution in [0.1, 0.15) is 29.5 Å². The number of nitrogens with one attached hydrogen (secondary N) is 1. The van der Waals surface area contributed by atoms with E-state index in [1.807, 2.05) is 12.1 Å². The van der Waals surface area contributed by atoms with Gasteiger partial charge in [-0.2, -0.15) is 5.26 Å². The van der Waals surface area contributed by atoms with Crippen molar-refractivity contribution in [3.05, 3.63) is 21.9 Å². The molecule has 1 unspecified atom stereocenters. The number of hydrogen-bond acceptors (Lipinski definition) is 4. The second-order valence-corrected chi connectivity index (χ2v) is 5.62. The predicted octanol–water partition coefficient (Wildman–Crippen LogP) is 2.28. The highest BCUT2D eigenvalue weighted by atomic mass is 32.1. The highest BCUT2D eigenvalue weighted by Crippen LogP contribution is 2.21. The molecule has 1 saturated heterocycles. The lowest BCUT2D eigenvalue weighted by Gasteiger charge is -2.34. The van der Waals surface area contributed by atoms with Gasteiger partial charge in [-0.05, 0) is 31.9 Å². The van der Waals surface area contributed by atoms with Crippen molar-refractivity contribution in [2.75, 3.05) is 13.2 Å². The summed E-state index contributed by atoms with van der Waals surface area (Å²) >= 11 is 1.56. The maximum atomic E-state index is 8.74. The van der Waals surface area contributed by atoms with Gasteiger partial charge in [0.2, 0.25) is 0 Å². The standard InChI is InChI=1S/C12H16N2OS/c1-12(5-2-6-15-9-12)14-8-11-4-3-10(7-13)16-11/h3-4,14H,2,5-6,8-9H2,1H3. The Balaban J connectivity index is 1.89. The van der Waals surface area contributed by atoms with Gasteiger partial charge in [0.15, 0.2) is 0 Å². The summed E-state index contributed by atoms with van der Waals surface area (Å²) in [6.45, 7) is 4.69. The van der Waals surface area contributed by atoms with Crippen LogP contribution in [-0.2, 0) is 11.3 Å². The Morgan fingerprint density at radius 3 is 3.12 bits per heavy atom. The normalized spacial score (nSPS) is 25.2. The summed E-state index contributed by atoms with van der Waals surface area (Å²) < 4.78 is 5.49. The fourth-order valence-electron chi connectivity index (χ4n) is 1.91. The molecule has 2 rings (SSSR count). The zero-order valence-electron chi connectivity index (χ0n) is 9.45. The maximum absolute atomic E-state index is 8.74. The Labute approximate surface area is 100 Å². The average molecular weight is 236 g/mol. The molecule has 1 aromatic heterocycles. The summed E-state index contributed by atoms with van der Waals surface area (Å²) in [5, 5.41) is 12.3. The fourth-order valence-corrected chi connectivity index (χ4v) is 2.65. The number of nitrogens with zero attached hydrogens (tertiary/aromatic N) is 1. The van der Waals surface area contributed by atoms with Crippen LogP contribution >= 0.6 is 11.3 Å². The van der Waals surface area contributed by atoms with E-state index in [2.05, 4.69) is 18.3 Å². The summed E-state index contributed by atoms with van der Waals surface area (Å²) in [5.41, 5.74) is 0.0923. The molecule has 0 amide bonds.